The molecule has 0 radical (unpaired) electrons. The first-order valence-corrected chi connectivity index (χ1v) is 15.5. The lowest BCUT2D eigenvalue weighted by atomic mass is 10.0. The van der Waals surface area contributed by atoms with Gasteiger partial charge >= 0.3 is 5.97 Å². The number of rotatable bonds is 5. The van der Waals surface area contributed by atoms with E-state index < -0.39 is 35.6 Å². The molecule has 0 bridgehead atoms. The highest BCUT2D eigenvalue weighted by atomic mass is 32.1. The number of nitrogens with zero attached hydrogens (tertiary/aromatic N) is 2. The molecule has 3 aliphatic rings. The van der Waals surface area contributed by atoms with E-state index in [9.17, 15) is 19.5 Å². The lowest BCUT2D eigenvalue weighted by Crippen LogP contribution is -2.55. The van der Waals surface area contributed by atoms with Gasteiger partial charge in [0.05, 0.1) is 16.8 Å². The molecule has 1 aromatic heterocycles. The quantitative estimate of drug-likeness (QED) is 0.362. The topological polar surface area (TPSA) is 121 Å². The lowest BCUT2D eigenvalue weighted by Gasteiger charge is -2.30. The Hall–Kier alpha value is -3.92. The predicted octanol–water partition coefficient (Wildman–Crippen LogP) is 4.91. The summed E-state index contributed by atoms with van der Waals surface area (Å²) in [6.45, 7) is 2.23. The first kappa shape index (κ1) is 28.2. The Bertz CT molecular complexity index is 1510. The number of amides is 2. The van der Waals surface area contributed by atoms with Gasteiger partial charge in [0.25, 0.3) is 5.19 Å². The largest absolute Gasteiger partial charge is 0.479 e. The molecule has 5 atom stereocenters. The molecular weight excluding hydrogens is 552 g/mol. The number of carboxylic acid groups (broad SMARTS) is 1. The van der Waals surface area contributed by atoms with Crippen LogP contribution >= 0.6 is 11.3 Å². The van der Waals surface area contributed by atoms with Gasteiger partial charge in [0.1, 0.15) is 23.7 Å². The zero-order valence-electron chi connectivity index (χ0n) is 23.6. The van der Waals surface area contributed by atoms with Crippen LogP contribution in [0.25, 0.3) is 10.2 Å². The zero-order chi connectivity index (χ0) is 29.3. The maximum Gasteiger partial charge on any atom is 0.330 e. The molecule has 2 aromatic carbocycles. The van der Waals surface area contributed by atoms with Crippen molar-refractivity contribution >= 4 is 45.0 Å². The van der Waals surface area contributed by atoms with Gasteiger partial charge < -0.3 is 25.4 Å². The Morgan fingerprint density at radius 3 is 2.81 bits per heavy atom. The molecular formula is C32H36N4O5S. The third-order valence-corrected chi connectivity index (χ3v) is 9.44. The van der Waals surface area contributed by atoms with Crippen molar-refractivity contribution in [3.63, 3.8) is 0 Å². The van der Waals surface area contributed by atoms with E-state index in [1.54, 1.807) is 4.90 Å². The molecule has 3 heterocycles. The molecule has 42 heavy (non-hydrogen) atoms. The standard InChI is InChI=1S/C32H36N4O5S/c1-20-14-15-24-27(16-20)42-31(34-24)41-23-17-26-28(37)35-32(30(39)40)18-21(32)10-6-3-2-4-9-13-25(29(38)36(26)19-23)33-22-11-7-5-8-12-22/h5-8,10-12,14-16,21,23,25-26,33H,2-4,9,13,17-19H2,1H3,(H,35,37)(H,39,40)/b10-6-/t21-,23-,25+,26+,32-/m1/s1. The number of benzene rings is 2. The molecule has 1 aliphatic carbocycles. The maximum atomic E-state index is 14.2. The van der Waals surface area contributed by atoms with Gasteiger partial charge in [0.2, 0.25) is 11.8 Å². The van der Waals surface area contributed by atoms with Crippen LogP contribution in [0.1, 0.15) is 50.5 Å². The van der Waals surface area contributed by atoms with Crippen molar-refractivity contribution in [1.82, 2.24) is 15.2 Å². The Morgan fingerprint density at radius 2 is 2.00 bits per heavy atom. The lowest BCUT2D eigenvalue weighted by molar-refractivity contribution is -0.145. The molecule has 9 nitrogen and oxygen atoms in total. The van der Waals surface area contributed by atoms with Crippen molar-refractivity contribution in [2.24, 2.45) is 5.92 Å². The van der Waals surface area contributed by atoms with Gasteiger partial charge in [0.15, 0.2) is 0 Å². The van der Waals surface area contributed by atoms with E-state index >= 15 is 0 Å². The number of para-hydroxylation sites is 1. The fourth-order valence-electron chi connectivity index (χ4n) is 6.09. The van der Waals surface area contributed by atoms with Crippen LogP contribution in [-0.4, -0.2) is 63.0 Å². The number of carbonyl (C=O) groups is 3. The number of ether oxygens (including phenoxy) is 1. The number of carboxylic acids is 1. The monoisotopic (exact) mass is 588 g/mol. The number of nitrogens with one attached hydrogen (secondary N) is 2. The second-order valence-corrected chi connectivity index (χ2v) is 12.6. The van der Waals surface area contributed by atoms with Crippen LogP contribution in [0.2, 0.25) is 0 Å². The van der Waals surface area contributed by atoms with E-state index in [1.807, 2.05) is 61.5 Å². The second-order valence-electron chi connectivity index (χ2n) is 11.6. The van der Waals surface area contributed by atoms with Crippen molar-refractivity contribution in [3.8, 4) is 5.19 Å². The number of anilines is 1. The minimum Gasteiger partial charge on any atom is -0.479 e. The van der Waals surface area contributed by atoms with Crippen molar-refractivity contribution in [3.05, 3.63) is 66.2 Å². The van der Waals surface area contributed by atoms with Crippen molar-refractivity contribution < 1.29 is 24.2 Å². The molecule has 1 saturated heterocycles. The van der Waals surface area contributed by atoms with E-state index in [2.05, 4.69) is 21.7 Å². The normalized spacial score (nSPS) is 29.0. The summed E-state index contributed by atoms with van der Waals surface area (Å²) >= 11 is 1.44. The summed E-state index contributed by atoms with van der Waals surface area (Å²) in [5.41, 5.74) is 1.46. The summed E-state index contributed by atoms with van der Waals surface area (Å²) < 4.78 is 7.30. The fraction of sp³-hybridized carbons (Fsp3) is 0.438. The minimum absolute atomic E-state index is 0.185. The molecule has 220 valence electrons. The Labute approximate surface area is 249 Å². The van der Waals surface area contributed by atoms with Gasteiger partial charge in [-0.3, -0.25) is 9.59 Å². The van der Waals surface area contributed by atoms with E-state index in [0.717, 1.165) is 47.2 Å². The zero-order valence-corrected chi connectivity index (χ0v) is 24.4. The van der Waals surface area contributed by atoms with Gasteiger partial charge in [-0.25, -0.2) is 9.78 Å². The molecule has 10 heteroatoms. The first-order chi connectivity index (χ1) is 20.3. The number of aliphatic carboxylic acids is 1. The van der Waals surface area contributed by atoms with Crippen molar-refractivity contribution in [1.29, 1.82) is 0 Å². The molecule has 2 aliphatic heterocycles. The maximum absolute atomic E-state index is 14.2. The molecule has 2 amide bonds. The highest BCUT2D eigenvalue weighted by Gasteiger charge is 2.61. The number of fused-ring (bicyclic) bond motifs is 3. The summed E-state index contributed by atoms with van der Waals surface area (Å²) in [4.78, 5) is 46.5. The molecule has 2 fully saturated rings. The van der Waals surface area contributed by atoms with Crippen LogP contribution in [-0.2, 0) is 14.4 Å². The number of thiazole rings is 1. The van der Waals surface area contributed by atoms with Crippen LogP contribution < -0.4 is 15.4 Å². The van der Waals surface area contributed by atoms with Crippen LogP contribution in [0, 0.1) is 12.8 Å². The third-order valence-electron chi connectivity index (χ3n) is 8.53. The molecule has 0 spiro atoms. The molecule has 0 unspecified atom stereocenters. The van der Waals surface area contributed by atoms with Crippen LogP contribution in [0.3, 0.4) is 0 Å². The highest BCUT2D eigenvalue weighted by molar-refractivity contribution is 7.20. The van der Waals surface area contributed by atoms with E-state index in [1.165, 1.54) is 11.3 Å². The van der Waals surface area contributed by atoms with Crippen molar-refractivity contribution in [2.45, 2.75) is 75.6 Å². The molecule has 6 rings (SSSR count). The number of allylic oxidation sites excluding steroid dienone is 1. The van der Waals surface area contributed by atoms with E-state index in [4.69, 9.17) is 4.74 Å². The number of carbonyl (C=O) groups excluding carboxylic acids is 2. The Balaban J connectivity index is 1.28. The average molecular weight is 589 g/mol. The predicted molar refractivity (Wildman–Crippen MR) is 162 cm³/mol. The van der Waals surface area contributed by atoms with Crippen LogP contribution in [0.4, 0.5) is 5.69 Å². The summed E-state index contributed by atoms with van der Waals surface area (Å²) in [6.07, 6.45) is 8.28. The molecule has 1 saturated carbocycles. The summed E-state index contributed by atoms with van der Waals surface area (Å²) in [5, 5.41) is 16.8. The average Bonchev–Trinajstić information content (AvgIpc) is 3.29. The minimum atomic E-state index is -1.34. The third kappa shape index (κ3) is 5.86. The van der Waals surface area contributed by atoms with Crippen molar-refractivity contribution in [2.75, 3.05) is 11.9 Å². The Morgan fingerprint density at radius 1 is 1.17 bits per heavy atom. The highest BCUT2D eigenvalue weighted by Crippen LogP contribution is 2.45. The summed E-state index contributed by atoms with van der Waals surface area (Å²) in [6, 6.07) is 14.2. The number of aromatic nitrogens is 1. The molecule has 3 N–H and O–H groups in total. The SMILES string of the molecule is Cc1ccc2nc(O[C@@H]3C[C@H]4C(=O)N[C@]5(C(=O)O)C[C@H]5/C=C\CCCCC[C@H](Nc5ccccc5)C(=O)N4C3)sc2c1. The van der Waals surface area contributed by atoms with E-state index in [-0.39, 0.29) is 24.8 Å². The van der Waals surface area contributed by atoms with Gasteiger partial charge in [-0.1, -0.05) is 60.6 Å². The summed E-state index contributed by atoms with van der Waals surface area (Å²) in [7, 11) is 0. The number of aryl methyl sites for hydroxylation is 1. The van der Waals surface area contributed by atoms with E-state index in [0.29, 0.717) is 18.0 Å². The molecule has 3 aromatic rings. The summed E-state index contributed by atoms with van der Waals surface area (Å²) in [5.74, 6) is -1.96. The number of hydrogen-bond acceptors (Lipinski definition) is 7. The first-order valence-electron chi connectivity index (χ1n) is 14.7. The van der Waals surface area contributed by atoms with Gasteiger partial charge in [-0.15, -0.1) is 0 Å². The van der Waals surface area contributed by atoms with Crippen LogP contribution in [0.5, 0.6) is 5.19 Å². The Kier molecular flexibility index (Phi) is 7.90. The van der Waals surface area contributed by atoms with Gasteiger partial charge in [-0.05, 0) is 62.4 Å². The smallest absolute Gasteiger partial charge is 0.330 e. The van der Waals surface area contributed by atoms with Gasteiger partial charge in [0, 0.05) is 18.0 Å². The van der Waals surface area contributed by atoms with Gasteiger partial charge in [-0.2, -0.15) is 0 Å². The number of hydrogen-bond donors (Lipinski definition) is 3. The second kappa shape index (κ2) is 11.8. The fourth-order valence-corrected chi connectivity index (χ4v) is 7.07. The van der Waals surface area contributed by atoms with Crippen LogP contribution in [0.15, 0.2) is 60.7 Å².